The van der Waals surface area contributed by atoms with Gasteiger partial charge in [-0.1, -0.05) is 20.8 Å². The maximum absolute atomic E-state index is 13.1. The summed E-state index contributed by atoms with van der Waals surface area (Å²) in [6.07, 6.45) is 3.37. The molecule has 3 heterocycles. The zero-order valence-corrected chi connectivity index (χ0v) is 19.6. The van der Waals surface area contributed by atoms with Gasteiger partial charge in [0.1, 0.15) is 22.7 Å². The maximum Gasteiger partial charge on any atom is 0.345 e. The van der Waals surface area contributed by atoms with E-state index in [0.717, 1.165) is 12.8 Å². The molecule has 0 amide bonds. The average Bonchev–Trinajstić information content (AvgIpc) is 2.78. The van der Waals surface area contributed by atoms with Crippen molar-refractivity contribution in [1.82, 2.24) is 4.98 Å². The Kier molecular flexibility index (Phi) is 5.05. The number of aliphatic hydroxyl groups is 3. The molecular weight excluding hydrogens is 422 g/mol. The fourth-order valence-electron chi connectivity index (χ4n) is 7.32. The Balaban J connectivity index is 1.65. The predicted molar refractivity (Wildman–Crippen MR) is 122 cm³/mol. The van der Waals surface area contributed by atoms with Crippen molar-refractivity contribution in [2.24, 2.45) is 28.6 Å². The van der Waals surface area contributed by atoms with Crippen molar-refractivity contribution in [1.29, 1.82) is 0 Å². The first-order valence-corrected chi connectivity index (χ1v) is 11.8. The number of nitrogens with zero attached hydrogens (tertiary/aromatic N) is 1. The predicted octanol–water partition coefficient (Wildman–Crippen LogP) is 3.32. The first-order valence-electron chi connectivity index (χ1n) is 11.8. The van der Waals surface area contributed by atoms with Crippen molar-refractivity contribution in [3.8, 4) is 17.1 Å². The Labute approximate surface area is 193 Å². The van der Waals surface area contributed by atoms with Gasteiger partial charge in [0.15, 0.2) is 0 Å². The number of ether oxygens (including phenoxy) is 1. The summed E-state index contributed by atoms with van der Waals surface area (Å²) in [5.74, 6) is 0.254. The second kappa shape index (κ2) is 7.39. The summed E-state index contributed by atoms with van der Waals surface area (Å²) in [5.41, 5.74) is -1.85. The number of hydrogen-bond donors (Lipinski definition) is 3. The lowest BCUT2D eigenvalue weighted by atomic mass is 9.41. The van der Waals surface area contributed by atoms with Gasteiger partial charge in [-0.3, -0.25) is 4.98 Å². The molecule has 3 aliphatic rings. The van der Waals surface area contributed by atoms with Crippen LogP contribution >= 0.6 is 0 Å². The van der Waals surface area contributed by atoms with Crippen molar-refractivity contribution in [2.75, 3.05) is 6.61 Å². The molecule has 33 heavy (non-hydrogen) atoms. The van der Waals surface area contributed by atoms with Gasteiger partial charge in [0.05, 0.1) is 12.2 Å². The lowest BCUT2D eigenvalue weighted by Gasteiger charge is -2.66. The van der Waals surface area contributed by atoms with Crippen LogP contribution in [0.5, 0.6) is 5.75 Å². The summed E-state index contributed by atoms with van der Waals surface area (Å²) in [6, 6.07) is 5.14. The summed E-state index contributed by atoms with van der Waals surface area (Å²) < 4.78 is 12.0. The van der Waals surface area contributed by atoms with Crippen LogP contribution in [0.4, 0.5) is 0 Å². The first-order chi connectivity index (χ1) is 15.6. The minimum Gasteiger partial charge on any atom is -0.484 e. The highest BCUT2D eigenvalue weighted by Gasteiger charge is 2.68. The van der Waals surface area contributed by atoms with E-state index < -0.39 is 40.2 Å². The van der Waals surface area contributed by atoms with Crippen molar-refractivity contribution in [2.45, 2.75) is 64.8 Å². The van der Waals surface area contributed by atoms with Crippen LogP contribution < -0.4 is 10.4 Å². The minimum absolute atomic E-state index is 0.00866. The van der Waals surface area contributed by atoms with Gasteiger partial charge in [-0.25, -0.2) is 4.79 Å². The topological polar surface area (TPSA) is 113 Å². The molecule has 5 rings (SSSR count). The highest BCUT2D eigenvalue weighted by atomic mass is 16.5. The van der Waals surface area contributed by atoms with E-state index in [0.29, 0.717) is 17.7 Å². The lowest BCUT2D eigenvalue weighted by Crippen LogP contribution is -2.69. The number of pyridine rings is 1. The largest absolute Gasteiger partial charge is 0.484 e. The second-order valence-corrected chi connectivity index (χ2v) is 11.0. The van der Waals surface area contributed by atoms with E-state index in [1.807, 2.05) is 6.92 Å². The van der Waals surface area contributed by atoms with Gasteiger partial charge < -0.3 is 24.5 Å². The van der Waals surface area contributed by atoms with Crippen molar-refractivity contribution in [3.63, 3.8) is 0 Å². The molecule has 178 valence electrons. The molecule has 2 saturated carbocycles. The van der Waals surface area contributed by atoms with E-state index in [-0.39, 0.29) is 29.8 Å². The Morgan fingerprint density at radius 2 is 2.00 bits per heavy atom. The molecule has 2 unspecified atom stereocenters. The molecule has 0 saturated heterocycles. The molecule has 2 fully saturated rings. The first kappa shape index (κ1) is 22.6. The van der Waals surface area contributed by atoms with Gasteiger partial charge in [0, 0.05) is 36.5 Å². The molecule has 2 aromatic rings. The third-order valence-electron chi connectivity index (χ3n) is 9.46. The Bertz CT molecular complexity index is 1120. The molecule has 3 N–H and O–H groups in total. The summed E-state index contributed by atoms with van der Waals surface area (Å²) in [7, 11) is 0. The van der Waals surface area contributed by atoms with Crippen LogP contribution in [0.15, 0.2) is 39.8 Å². The van der Waals surface area contributed by atoms with Gasteiger partial charge in [0.2, 0.25) is 0 Å². The third-order valence-corrected chi connectivity index (χ3v) is 9.46. The zero-order chi connectivity index (χ0) is 23.8. The van der Waals surface area contributed by atoms with E-state index in [1.165, 1.54) is 0 Å². The van der Waals surface area contributed by atoms with E-state index in [2.05, 4.69) is 25.8 Å². The number of fused-ring (bicyclic) bond motifs is 4. The van der Waals surface area contributed by atoms with E-state index in [9.17, 15) is 20.1 Å². The van der Waals surface area contributed by atoms with Crippen molar-refractivity contribution >= 4 is 0 Å². The number of aliphatic hydroxyl groups excluding tert-OH is 3. The Morgan fingerprint density at radius 3 is 2.67 bits per heavy atom. The average molecular weight is 456 g/mol. The fourth-order valence-corrected chi connectivity index (χ4v) is 7.32. The summed E-state index contributed by atoms with van der Waals surface area (Å²) in [4.78, 5) is 17.2. The fraction of sp³-hybridized carbons (Fsp3) is 0.615. The van der Waals surface area contributed by atoms with E-state index in [1.54, 1.807) is 30.6 Å². The molecule has 7 nitrogen and oxygen atoms in total. The third kappa shape index (κ3) is 2.98. The Hall–Kier alpha value is -2.22. The van der Waals surface area contributed by atoms with Crippen LogP contribution in [-0.4, -0.2) is 38.6 Å². The minimum atomic E-state index is -1.16. The highest BCUT2D eigenvalue weighted by Crippen LogP contribution is 2.67. The van der Waals surface area contributed by atoms with E-state index >= 15 is 0 Å². The second-order valence-electron chi connectivity index (χ2n) is 11.0. The molecule has 2 aromatic heterocycles. The lowest BCUT2D eigenvalue weighted by molar-refractivity contribution is -0.256. The number of rotatable bonds is 2. The van der Waals surface area contributed by atoms with Crippen LogP contribution in [-0.2, 0) is 0 Å². The maximum atomic E-state index is 13.1. The number of hydrogen-bond acceptors (Lipinski definition) is 7. The summed E-state index contributed by atoms with van der Waals surface area (Å²) in [5, 5.41) is 33.5. The van der Waals surface area contributed by atoms with Crippen LogP contribution in [0.2, 0.25) is 0 Å². The molecule has 1 aliphatic heterocycles. The highest BCUT2D eigenvalue weighted by molar-refractivity contribution is 5.59. The Morgan fingerprint density at radius 1 is 1.24 bits per heavy atom. The van der Waals surface area contributed by atoms with Gasteiger partial charge in [0.25, 0.3) is 0 Å². The van der Waals surface area contributed by atoms with Crippen molar-refractivity contribution < 1.29 is 24.5 Å². The smallest absolute Gasteiger partial charge is 0.345 e. The van der Waals surface area contributed by atoms with Crippen LogP contribution in [0.1, 0.15) is 58.6 Å². The summed E-state index contributed by atoms with van der Waals surface area (Å²) in [6.45, 7) is 8.19. The molecule has 8 atom stereocenters. The monoisotopic (exact) mass is 455 g/mol. The standard InChI is InChI=1S/C26H33NO6/c1-14-7-8-24(2)18(25(14,3)13-28)11-19(29)26(4)22(24)21(30)20-17(33-26)10-16(32-23(20)31)15-6-5-9-27-12-15/h5-6,9-10,12,14,18-19,21-22,28-30H,7-8,11,13H2,1-4H3/t14-,18?,19-,21-,22?,24-,25-,26+/m0/s1. The molecule has 7 heteroatoms. The van der Waals surface area contributed by atoms with Gasteiger partial charge in [-0.2, -0.15) is 0 Å². The van der Waals surface area contributed by atoms with E-state index in [4.69, 9.17) is 9.15 Å². The molecule has 0 spiro atoms. The number of aromatic nitrogens is 1. The molecule has 0 bridgehead atoms. The molecule has 0 radical (unpaired) electrons. The summed E-state index contributed by atoms with van der Waals surface area (Å²) >= 11 is 0. The quantitative estimate of drug-likeness (QED) is 0.637. The normalized spacial score (nSPS) is 42.0. The van der Waals surface area contributed by atoms with Gasteiger partial charge in [-0.05, 0) is 61.0 Å². The zero-order valence-electron chi connectivity index (χ0n) is 19.6. The van der Waals surface area contributed by atoms with Crippen LogP contribution in [0, 0.1) is 28.6 Å². The van der Waals surface area contributed by atoms with Crippen LogP contribution in [0.25, 0.3) is 11.3 Å². The SMILES string of the molecule is C[C@H]1CC[C@]2(C)C3[C@@H](O)c4c(cc(-c5cccnc5)oc4=O)O[C@]3(C)[C@@H](O)CC2[C@@]1(C)CO. The van der Waals surface area contributed by atoms with Crippen molar-refractivity contribution in [3.05, 3.63) is 46.6 Å². The van der Waals surface area contributed by atoms with Gasteiger partial charge >= 0.3 is 5.63 Å². The molecular formula is C26H33NO6. The van der Waals surface area contributed by atoms with Gasteiger partial charge in [-0.15, -0.1) is 0 Å². The van der Waals surface area contributed by atoms with Crippen LogP contribution in [0.3, 0.4) is 0 Å². The molecule has 0 aromatic carbocycles. The molecule has 2 aliphatic carbocycles.